The molecule has 5 nitrogen and oxygen atoms in total. The van der Waals surface area contributed by atoms with Crippen molar-refractivity contribution >= 4 is 23.2 Å². The van der Waals surface area contributed by atoms with Gasteiger partial charge in [-0.3, -0.25) is 9.59 Å². The van der Waals surface area contributed by atoms with Crippen LogP contribution in [0.5, 0.6) is 0 Å². The first-order chi connectivity index (χ1) is 15.6. The predicted octanol–water partition coefficient (Wildman–Crippen LogP) is 5.18. The lowest BCUT2D eigenvalue weighted by molar-refractivity contribution is -0.126. The van der Waals surface area contributed by atoms with Crippen LogP contribution in [0.15, 0.2) is 94.9 Å². The lowest BCUT2D eigenvalue weighted by Crippen LogP contribution is -2.43. The summed E-state index contributed by atoms with van der Waals surface area (Å²) in [6.07, 6.45) is 1.43. The summed E-state index contributed by atoms with van der Waals surface area (Å²) < 4.78 is 18.6. The van der Waals surface area contributed by atoms with E-state index in [1.54, 1.807) is 24.3 Å². The summed E-state index contributed by atoms with van der Waals surface area (Å²) >= 11 is 1.51. The molecule has 2 heterocycles. The fraction of sp³-hybridized carbons (Fsp3) is 0.120. The van der Waals surface area contributed by atoms with Crippen molar-refractivity contribution < 1.29 is 18.4 Å². The summed E-state index contributed by atoms with van der Waals surface area (Å²) in [5.41, 5.74) is 1.44. The van der Waals surface area contributed by atoms with E-state index in [4.69, 9.17) is 4.42 Å². The lowest BCUT2D eigenvalue weighted by Gasteiger charge is -2.30. The quantitative estimate of drug-likeness (QED) is 0.404. The van der Waals surface area contributed by atoms with E-state index in [0.717, 1.165) is 10.4 Å². The number of carbonyl (C=O) groups is 2. The third-order valence-electron chi connectivity index (χ3n) is 4.95. The molecule has 0 aliphatic carbocycles. The number of halogens is 1. The molecule has 1 N–H and O–H groups in total. The van der Waals surface area contributed by atoms with Crippen LogP contribution in [0.4, 0.5) is 4.39 Å². The smallest absolute Gasteiger partial charge is 0.290 e. The molecule has 2 aromatic carbocycles. The second-order valence-corrected chi connectivity index (χ2v) is 8.18. The fourth-order valence-electron chi connectivity index (χ4n) is 3.39. The molecule has 0 radical (unpaired) electrons. The van der Waals surface area contributed by atoms with Gasteiger partial charge in [-0.15, -0.1) is 11.3 Å². The van der Waals surface area contributed by atoms with Crippen LogP contribution in [-0.2, 0) is 17.9 Å². The Morgan fingerprint density at radius 1 is 0.969 bits per heavy atom. The number of amides is 2. The Bertz CT molecular complexity index is 1140. The third-order valence-corrected chi connectivity index (χ3v) is 5.82. The van der Waals surface area contributed by atoms with Crippen molar-refractivity contribution in [2.24, 2.45) is 0 Å². The zero-order chi connectivity index (χ0) is 22.3. The number of nitrogens with zero attached hydrogens (tertiary/aromatic N) is 1. The van der Waals surface area contributed by atoms with Crippen LogP contribution < -0.4 is 5.32 Å². The molecule has 0 spiro atoms. The van der Waals surface area contributed by atoms with Crippen LogP contribution in [0.25, 0.3) is 0 Å². The molecule has 2 amide bonds. The number of benzene rings is 2. The Kier molecular flexibility index (Phi) is 6.77. The molecule has 1 unspecified atom stereocenters. The average molecular weight is 449 g/mol. The van der Waals surface area contributed by atoms with E-state index in [-0.39, 0.29) is 36.5 Å². The van der Waals surface area contributed by atoms with Crippen molar-refractivity contribution in [3.63, 3.8) is 0 Å². The van der Waals surface area contributed by atoms with Gasteiger partial charge in [-0.25, -0.2) is 4.39 Å². The SMILES string of the molecule is O=C(NCc1ccc(F)cc1)C(c1ccccc1)N(Cc1cccs1)C(=O)c1ccco1. The monoisotopic (exact) mass is 448 g/mol. The number of furan rings is 1. The largest absolute Gasteiger partial charge is 0.459 e. The first kappa shape index (κ1) is 21.5. The predicted molar refractivity (Wildman–Crippen MR) is 120 cm³/mol. The van der Waals surface area contributed by atoms with Crippen molar-refractivity contribution in [1.82, 2.24) is 10.2 Å². The molecule has 0 fully saturated rings. The van der Waals surface area contributed by atoms with Gasteiger partial charge in [0.25, 0.3) is 5.91 Å². The van der Waals surface area contributed by atoms with Gasteiger partial charge < -0.3 is 14.6 Å². The van der Waals surface area contributed by atoms with Crippen LogP contribution in [0.1, 0.15) is 32.6 Å². The van der Waals surface area contributed by atoms with Crippen molar-refractivity contribution in [3.8, 4) is 0 Å². The molecule has 1 atom stereocenters. The molecule has 0 saturated heterocycles. The first-order valence-electron chi connectivity index (χ1n) is 10.1. The van der Waals surface area contributed by atoms with Crippen molar-refractivity contribution in [3.05, 3.63) is 118 Å². The summed E-state index contributed by atoms with van der Waals surface area (Å²) in [5, 5.41) is 4.82. The van der Waals surface area contributed by atoms with E-state index in [9.17, 15) is 14.0 Å². The van der Waals surface area contributed by atoms with E-state index < -0.39 is 6.04 Å². The average Bonchev–Trinajstić information content (AvgIpc) is 3.53. The van der Waals surface area contributed by atoms with Crippen LogP contribution in [-0.4, -0.2) is 16.7 Å². The maximum absolute atomic E-state index is 13.4. The van der Waals surface area contributed by atoms with E-state index in [1.165, 1.54) is 34.6 Å². The third kappa shape index (κ3) is 5.12. The topological polar surface area (TPSA) is 62.6 Å². The van der Waals surface area contributed by atoms with E-state index in [0.29, 0.717) is 5.56 Å². The minimum Gasteiger partial charge on any atom is -0.459 e. The van der Waals surface area contributed by atoms with Gasteiger partial charge in [0.2, 0.25) is 5.91 Å². The summed E-state index contributed by atoms with van der Waals surface area (Å²) in [6.45, 7) is 0.463. The van der Waals surface area contributed by atoms with E-state index in [2.05, 4.69) is 5.32 Å². The number of hydrogen-bond donors (Lipinski definition) is 1. The molecular formula is C25H21FN2O3S. The van der Waals surface area contributed by atoms with Gasteiger partial charge in [0, 0.05) is 11.4 Å². The Labute approximate surface area is 189 Å². The standard InChI is InChI=1S/C25H21FN2O3S/c26-20-12-10-18(11-13-20)16-27-24(29)23(19-6-2-1-3-7-19)28(17-21-8-5-15-32-21)25(30)22-9-4-14-31-22/h1-15,23H,16-17H2,(H,27,29). The summed E-state index contributed by atoms with van der Waals surface area (Å²) in [4.78, 5) is 29.3. The molecule has 0 aliphatic heterocycles. The lowest BCUT2D eigenvalue weighted by atomic mass is 10.0. The Balaban J connectivity index is 1.66. The molecule has 32 heavy (non-hydrogen) atoms. The van der Waals surface area contributed by atoms with Crippen LogP contribution in [0.2, 0.25) is 0 Å². The minimum atomic E-state index is -0.878. The fourth-order valence-corrected chi connectivity index (χ4v) is 4.09. The van der Waals surface area contributed by atoms with Crippen molar-refractivity contribution in [2.75, 3.05) is 0 Å². The van der Waals surface area contributed by atoms with Gasteiger partial charge in [0.05, 0.1) is 12.8 Å². The molecule has 0 aliphatic rings. The maximum Gasteiger partial charge on any atom is 0.290 e. The highest BCUT2D eigenvalue weighted by atomic mass is 32.1. The van der Waals surface area contributed by atoms with Crippen LogP contribution in [0.3, 0.4) is 0 Å². The van der Waals surface area contributed by atoms with Crippen LogP contribution >= 0.6 is 11.3 Å². The molecule has 4 rings (SSSR count). The normalized spacial score (nSPS) is 11.7. The van der Waals surface area contributed by atoms with Gasteiger partial charge in [0.1, 0.15) is 11.9 Å². The van der Waals surface area contributed by atoms with Crippen molar-refractivity contribution in [2.45, 2.75) is 19.1 Å². The van der Waals surface area contributed by atoms with Gasteiger partial charge in [-0.2, -0.15) is 0 Å². The second kappa shape index (κ2) is 10.1. The Morgan fingerprint density at radius 3 is 2.41 bits per heavy atom. The molecule has 4 aromatic rings. The maximum atomic E-state index is 13.4. The van der Waals surface area contributed by atoms with Gasteiger partial charge in [0.15, 0.2) is 5.76 Å². The highest BCUT2D eigenvalue weighted by Gasteiger charge is 2.33. The number of rotatable bonds is 8. The first-order valence-corrected chi connectivity index (χ1v) is 10.9. The van der Waals surface area contributed by atoms with Gasteiger partial charge >= 0.3 is 0 Å². The molecular weight excluding hydrogens is 427 g/mol. The molecule has 162 valence electrons. The van der Waals surface area contributed by atoms with E-state index in [1.807, 2.05) is 47.8 Å². The minimum absolute atomic E-state index is 0.161. The zero-order valence-corrected chi connectivity index (χ0v) is 17.9. The zero-order valence-electron chi connectivity index (χ0n) is 17.1. The number of thiophene rings is 1. The summed E-state index contributed by atoms with van der Waals surface area (Å²) in [6, 6.07) is 21.3. The number of hydrogen-bond acceptors (Lipinski definition) is 4. The highest BCUT2D eigenvalue weighted by molar-refractivity contribution is 7.09. The molecule has 2 aromatic heterocycles. The van der Waals surface area contributed by atoms with E-state index >= 15 is 0 Å². The molecule has 0 saturated carbocycles. The highest BCUT2D eigenvalue weighted by Crippen LogP contribution is 2.27. The van der Waals surface area contributed by atoms with Crippen LogP contribution in [0, 0.1) is 5.82 Å². The number of nitrogens with one attached hydrogen (secondary N) is 1. The molecule has 0 bridgehead atoms. The molecule has 7 heteroatoms. The summed E-state index contributed by atoms with van der Waals surface area (Å²) in [7, 11) is 0. The Hall–Kier alpha value is -3.71. The van der Waals surface area contributed by atoms with Crippen molar-refractivity contribution in [1.29, 1.82) is 0 Å². The Morgan fingerprint density at radius 2 is 1.75 bits per heavy atom. The number of carbonyl (C=O) groups excluding carboxylic acids is 2. The second-order valence-electron chi connectivity index (χ2n) is 7.15. The van der Waals surface area contributed by atoms with Gasteiger partial charge in [-0.1, -0.05) is 48.5 Å². The summed E-state index contributed by atoms with van der Waals surface area (Å²) in [5.74, 6) is -0.895. The van der Waals surface area contributed by atoms with Gasteiger partial charge in [-0.05, 0) is 46.8 Å².